The fourth-order valence-electron chi connectivity index (χ4n) is 2.64. The lowest BCUT2D eigenvalue weighted by molar-refractivity contribution is 0.0945. The molecule has 1 amide bonds. The normalized spacial score (nSPS) is 13.7. The summed E-state index contributed by atoms with van der Waals surface area (Å²) in [7, 11) is 0. The first kappa shape index (κ1) is 17.4. The molecule has 1 saturated carbocycles. The van der Waals surface area contributed by atoms with Crippen LogP contribution < -0.4 is 5.32 Å². The van der Waals surface area contributed by atoms with E-state index in [1.807, 2.05) is 12.1 Å². The molecule has 0 unspecified atom stereocenters. The Morgan fingerprint density at radius 1 is 1.00 bits per heavy atom. The van der Waals surface area contributed by atoms with Crippen LogP contribution in [0, 0.1) is 0 Å². The number of benzene rings is 2. The van der Waals surface area contributed by atoms with Crippen LogP contribution in [-0.2, 0) is 0 Å². The third-order valence-electron chi connectivity index (χ3n) is 4.13. The molecule has 0 atom stereocenters. The molecule has 4 rings (SSSR count). The summed E-state index contributed by atoms with van der Waals surface area (Å²) in [6, 6.07) is 14.5. The van der Waals surface area contributed by atoms with Crippen LogP contribution in [0.5, 0.6) is 0 Å². The van der Waals surface area contributed by atoms with Gasteiger partial charge in [-0.25, -0.2) is 4.68 Å². The number of nitrogens with one attached hydrogen (secondary N) is 1. The molecule has 0 spiro atoms. The molecule has 0 bridgehead atoms. The van der Waals surface area contributed by atoms with E-state index in [0.717, 1.165) is 24.1 Å². The zero-order chi connectivity index (χ0) is 18.3. The minimum absolute atomic E-state index is 0.188. The fraction of sp³-hybridized carbons (Fsp3) is 0.158. The maximum atomic E-state index is 12.5. The van der Waals surface area contributed by atoms with Crippen LogP contribution in [0.4, 0.5) is 0 Å². The van der Waals surface area contributed by atoms with E-state index in [2.05, 4.69) is 10.4 Å². The molecule has 2 aromatic carbocycles. The minimum atomic E-state index is -0.188. The Balaban J connectivity index is 1.82. The van der Waals surface area contributed by atoms with E-state index in [1.54, 1.807) is 41.1 Å². The topological polar surface area (TPSA) is 46.9 Å². The maximum Gasteiger partial charge on any atom is 0.272 e. The van der Waals surface area contributed by atoms with Crippen molar-refractivity contribution in [1.82, 2.24) is 15.1 Å². The molecule has 26 heavy (non-hydrogen) atoms. The Morgan fingerprint density at radius 2 is 1.69 bits per heavy atom. The second-order valence-corrected chi connectivity index (χ2v) is 7.46. The van der Waals surface area contributed by atoms with Gasteiger partial charge in [-0.3, -0.25) is 4.79 Å². The van der Waals surface area contributed by atoms with Crippen LogP contribution in [-0.4, -0.2) is 21.7 Å². The van der Waals surface area contributed by atoms with Crippen molar-refractivity contribution in [2.24, 2.45) is 0 Å². The molecule has 0 radical (unpaired) electrons. The van der Waals surface area contributed by atoms with Crippen LogP contribution in [0.2, 0.25) is 15.1 Å². The molecule has 7 heteroatoms. The number of amides is 1. The molecular weight excluding hydrogens is 393 g/mol. The summed E-state index contributed by atoms with van der Waals surface area (Å²) < 4.78 is 1.66. The first-order chi connectivity index (χ1) is 12.5. The second kappa shape index (κ2) is 6.95. The molecule has 1 aliphatic rings. The van der Waals surface area contributed by atoms with Gasteiger partial charge in [0.05, 0.1) is 16.4 Å². The summed E-state index contributed by atoms with van der Waals surface area (Å²) in [4.78, 5) is 12.5. The van der Waals surface area contributed by atoms with Crippen LogP contribution in [0.15, 0.2) is 48.5 Å². The quantitative estimate of drug-likeness (QED) is 0.631. The monoisotopic (exact) mass is 405 g/mol. The largest absolute Gasteiger partial charge is 0.348 e. The van der Waals surface area contributed by atoms with Gasteiger partial charge in [0.25, 0.3) is 5.91 Å². The summed E-state index contributed by atoms with van der Waals surface area (Å²) in [5.74, 6) is -0.188. The van der Waals surface area contributed by atoms with Gasteiger partial charge in [-0.05, 0) is 49.2 Å². The highest BCUT2D eigenvalue weighted by molar-refractivity contribution is 6.35. The summed E-state index contributed by atoms with van der Waals surface area (Å²) in [6.07, 6.45) is 2.03. The lowest BCUT2D eigenvalue weighted by Gasteiger charge is -2.10. The van der Waals surface area contributed by atoms with Crippen LogP contribution in [0.3, 0.4) is 0 Å². The van der Waals surface area contributed by atoms with Gasteiger partial charge in [-0.15, -0.1) is 0 Å². The molecular formula is C19H14Cl3N3O. The van der Waals surface area contributed by atoms with Crippen molar-refractivity contribution in [3.8, 4) is 16.9 Å². The van der Waals surface area contributed by atoms with Gasteiger partial charge in [0.1, 0.15) is 0 Å². The summed E-state index contributed by atoms with van der Waals surface area (Å²) in [6.45, 7) is 0. The van der Waals surface area contributed by atoms with E-state index >= 15 is 0 Å². The average Bonchev–Trinajstić information content (AvgIpc) is 3.31. The zero-order valence-corrected chi connectivity index (χ0v) is 15.8. The molecule has 1 aliphatic carbocycles. The van der Waals surface area contributed by atoms with E-state index in [4.69, 9.17) is 34.8 Å². The van der Waals surface area contributed by atoms with Gasteiger partial charge < -0.3 is 5.32 Å². The first-order valence-electron chi connectivity index (χ1n) is 8.13. The molecule has 1 aromatic heterocycles. The first-order valence-corrected chi connectivity index (χ1v) is 9.27. The highest BCUT2D eigenvalue weighted by Crippen LogP contribution is 2.30. The third-order valence-corrected chi connectivity index (χ3v) is 4.92. The predicted octanol–water partition coefficient (Wildman–Crippen LogP) is 5.39. The standard InChI is InChI=1S/C19H14Cl3N3O/c20-12-3-1-11(2-4-12)18-10-16(19(26)23-14-6-7-14)24-25(18)17-8-5-13(21)9-15(17)22/h1-5,8-10,14H,6-7H2,(H,23,26). The molecule has 4 nitrogen and oxygen atoms in total. The number of hydrogen-bond acceptors (Lipinski definition) is 2. The van der Waals surface area contributed by atoms with Crippen LogP contribution in [0.1, 0.15) is 23.3 Å². The van der Waals surface area contributed by atoms with Gasteiger partial charge in [0, 0.05) is 21.7 Å². The van der Waals surface area contributed by atoms with Crippen molar-refractivity contribution in [2.45, 2.75) is 18.9 Å². The minimum Gasteiger partial charge on any atom is -0.348 e. The lowest BCUT2D eigenvalue weighted by Crippen LogP contribution is -2.25. The molecule has 132 valence electrons. The van der Waals surface area contributed by atoms with Crippen molar-refractivity contribution in [2.75, 3.05) is 0 Å². The van der Waals surface area contributed by atoms with Gasteiger partial charge in [0.2, 0.25) is 0 Å². The van der Waals surface area contributed by atoms with Crippen LogP contribution >= 0.6 is 34.8 Å². The Hall–Kier alpha value is -2.01. The van der Waals surface area contributed by atoms with Crippen molar-refractivity contribution >= 4 is 40.7 Å². The van der Waals surface area contributed by atoms with Crippen molar-refractivity contribution in [1.29, 1.82) is 0 Å². The van der Waals surface area contributed by atoms with E-state index in [-0.39, 0.29) is 11.9 Å². The Morgan fingerprint density at radius 3 is 2.35 bits per heavy atom. The summed E-state index contributed by atoms with van der Waals surface area (Å²) in [5, 5.41) is 9.07. The maximum absolute atomic E-state index is 12.5. The smallest absolute Gasteiger partial charge is 0.272 e. The molecule has 1 fully saturated rings. The van der Waals surface area contributed by atoms with Crippen molar-refractivity contribution < 1.29 is 4.79 Å². The third kappa shape index (κ3) is 3.58. The van der Waals surface area contributed by atoms with Gasteiger partial charge >= 0.3 is 0 Å². The molecule has 0 aliphatic heterocycles. The second-order valence-electron chi connectivity index (χ2n) is 6.18. The molecule has 1 heterocycles. The predicted molar refractivity (Wildman–Crippen MR) is 105 cm³/mol. The molecule has 1 N–H and O–H groups in total. The van der Waals surface area contributed by atoms with E-state index in [1.165, 1.54) is 0 Å². The number of rotatable bonds is 4. The van der Waals surface area contributed by atoms with E-state index in [0.29, 0.717) is 26.4 Å². The van der Waals surface area contributed by atoms with Crippen LogP contribution in [0.25, 0.3) is 16.9 Å². The highest BCUT2D eigenvalue weighted by Gasteiger charge is 2.26. The zero-order valence-electron chi connectivity index (χ0n) is 13.5. The SMILES string of the molecule is O=C(NC1CC1)c1cc(-c2ccc(Cl)cc2)n(-c2ccc(Cl)cc2Cl)n1. The van der Waals surface area contributed by atoms with Crippen molar-refractivity contribution in [3.63, 3.8) is 0 Å². The van der Waals surface area contributed by atoms with Gasteiger partial charge in [-0.1, -0.05) is 46.9 Å². The number of halogens is 3. The number of nitrogens with zero attached hydrogens (tertiary/aromatic N) is 2. The Labute approximate surface area is 165 Å². The van der Waals surface area contributed by atoms with E-state index in [9.17, 15) is 4.79 Å². The summed E-state index contributed by atoms with van der Waals surface area (Å²) >= 11 is 18.4. The van der Waals surface area contributed by atoms with Crippen molar-refractivity contribution in [3.05, 3.63) is 69.3 Å². The number of hydrogen-bond donors (Lipinski definition) is 1. The number of carbonyl (C=O) groups excluding carboxylic acids is 1. The number of aromatic nitrogens is 2. The fourth-order valence-corrected chi connectivity index (χ4v) is 3.26. The van der Waals surface area contributed by atoms with Gasteiger partial charge in [0.15, 0.2) is 5.69 Å². The highest BCUT2D eigenvalue weighted by atomic mass is 35.5. The lowest BCUT2D eigenvalue weighted by atomic mass is 10.1. The van der Waals surface area contributed by atoms with E-state index < -0.39 is 0 Å². The van der Waals surface area contributed by atoms with Gasteiger partial charge in [-0.2, -0.15) is 5.10 Å². The average molecular weight is 407 g/mol. The molecule has 0 saturated heterocycles. The summed E-state index contributed by atoms with van der Waals surface area (Å²) in [5.41, 5.74) is 2.60. The Kier molecular flexibility index (Phi) is 4.65. The molecule has 3 aromatic rings. The number of carbonyl (C=O) groups is 1. The Bertz CT molecular complexity index is 978.